The molecule has 0 bridgehead atoms. The van der Waals surface area contributed by atoms with Crippen molar-refractivity contribution in [1.29, 1.82) is 0 Å². The Balaban J connectivity index is -0.0000000238. The number of rotatable bonds is 0. The summed E-state index contributed by atoms with van der Waals surface area (Å²) in [6, 6.07) is 0. The molecule has 0 saturated heterocycles. The Morgan fingerprint density at radius 1 is 0.276 bits per heavy atom. The van der Waals surface area contributed by atoms with Gasteiger partial charge in [0.25, 0.3) is 0 Å². The molecule has 0 spiro atoms. The van der Waals surface area contributed by atoms with E-state index in [2.05, 4.69) is 0 Å². The fourth-order valence-corrected chi connectivity index (χ4v) is 0. The van der Waals surface area contributed by atoms with Crippen LogP contribution in [0.4, 0.5) is 0 Å². The predicted molar refractivity (Wildman–Crippen MR) is 6.86 cm³/mol. The second-order valence-corrected chi connectivity index (χ2v) is 7.79. The number of hydrogen-bond acceptors (Lipinski definition) is 20. The Bertz CT molecular complexity index is 629. The van der Waals surface area contributed by atoms with Crippen LogP contribution >= 0.6 is 0 Å². The quantitative estimate of drug-likeness (QED) is 0.203. The molecule has 0 aromatic rings. The van der Waals surface area contributed by atoms with Crippen molar-refractivity contribution in [3.8, 4) is 0 Å². The summed E-state index contributed by atoms with van der Waals surface area (Å²) in [4.78, 5) is 0. The van der Waals surface area contributed by atoms with Gasteiger partial charge in [-0.25, -0.2) is 0 Å². The molecule has 0 unspecified atom stereocenters. The van der Waals surface area contributed by atoms with Crippen molar-refractivity contribution in [2.75, 3.05) is 0 Å². The zero-order chi connectivity index (χ0) is 22.5. The average Bonchev–Trinajstić information content (AvgIpc) is 1.79. The van der Waals surface area contributed by atoms with Crippen LogP contribution in [0.2, 0.25) is 0 Å². The van der Waals surface area contributed by atoms with Gasteiger partial charge in [0.2, 0.25) is 0 Å². The van der Waals surface area contributed by atoms with E-state index >= 15 is 0 Å². The third kappa shape index (κ3) is 2140. The number of hydrogen-bond donors (Lipinski definition) is 0. The van der Waals surface area contributed by atoms with Crippen LogP contribution in [0.3, 0.4) is 0 Å². The Morgan fingerprint density at radius 2 is 0.276 bits per heavy atom. The van der Waals surface area contributed by atoms with E-state index in [0.29, 0.717) is 0 Å². The summed E-state index contributed by atoms with van der Waals surface area (Å²) in [6.45, 7) is 0. The normalized spacial score (nSPS) is 10.0. The Labute approximate surface area is 247 Å². The monoisotopic (exact) mass is 990 g/mol. The van der Waals surface area contributed by atoms with Crippen LogP contribution in [0.1, 0.15) is 0 Å². The van der Waals surface area contributed by atoms with E-state index < -0.39 is 66.8 Å². The standard InChI is InChI=1S/2Co.2La.5Mn.20O/q2*+2;2*+3;;;;;;;;;;;;;;;;10*-1. The zero-order valence-electron chi connectivity index (χ0n) is 11.9. The van der Waals surface area contributed by atoms with Crippen molar-refractivity contribution in [2.45, 2.75) is 0 Å². The first-order chi connectivity index (χ1) is 10.0. The van der Waals surface area contributed by atoms with Crippen LogP contribution in [-0.2, 0) is 139 Å². The van der Waals surface area contributed by atoms with Crippen LogP contribution < -0.4 is 41.9 Å². The molecule has 29 heavy (non-hydrogen) atoms. The van der Waals surface area contributed by atoms with Crippen LogP contribution in [-0.4, -0.2) is 0 Å². The summed E-state index contributed by atoms with van der Waals surface area (Å²) in [7, 11) is 0. The van der Waals surface area contributed by atoms with E-state index in [4.69, 9.17) is 80.2 Å². The van der Waals surface area contributed by atoms with E-state index in [-0.39, 0.29) is 105 Å². The molecule has 0 fully saturated rings. The van der Waals surface area contributed by atoms with Crippen LogP contribution in [0.25, 0.3) is 0 Å². The molecule has 179 valence electrons. The summed E-state index contributed by atoms with van der Waals surface area (Å²) in [5.41, 5.74) is 0. The minimum atomic E-state index is -5.62. The predicted octanol–water partition coefficient (Wildman–Crippen LogP) is -13.1. The van der Waals surface area contributed by atoms with Crippen molar-refractivity contribution < 1.29 is 252 Å². The molecule has 0 aliphatic carbocycles. The van der Waals surface area contributed by atoms with Crippen LogP contribution in [0.15, 0.2) is 0 Å². The summed E-state index contributed by atoms with van der Waals surface area (Å²) in [5, 5.41) is 0. The van der Waals surface area contributed by atoms with Gasteiger partial charge >= 0.3 is 252 Å². The van der Waals surface area contributed by atoms with Crippen molar-refractivity contribution in [3.05, 3.63) is 0 Å². The molecule has 0 aliphatic rings. The van der Waals surface area contributed by atoms with Gasteiger partial charge < -0.3 is 0 Å². The third-order valence-corrected chi connectivity index (χ3v) is 0. The first kappa shape index (κ1) is 58.4. The molecule has 0 amide bonds. The van der Waals surface area contributed by atoms with E-state index in [1.54, 1.807) is 0 Å². The molecule has 20 nitrogen and oxygen atoms in total. The molecule has 0 aromatic carbocycles. The molecule has 0 rings (SSSR count). The van der Waals surface area contributed by atoms with E-state index in [0.717, 1.165) is 0 Å². The summed E-state index contributed by atoms with van der Waals surface area (Å²) < 4.78 is 172. The van der Waals surface area contributed by atoms with Crippen LogP contribution in [0.5, 0.6) is 0 Å². The van der Waals surface area contributed by atoms with Gasteiger partial charge in [-0.3, -0.25) is 0 Å². The van der Waals surface area contributed by atoms with Crippen molar-refractivity contribution in [2.24, 2.45) is 0 Å². The second-order valence-electron chi connectivity index (χ2n) is 1.89. The Kier molecular flexibility index (Phi) is 52.8. The first-order valence-corrected chi connectivity index (χ1v) is 12.7. The maximum atomic E-state index is 8.58. The summed E-state index contributed by atoms with van der Waals surface area (Å²) in [5.74, 6) is 0. The minimum absolute atomic E-state index is 0. The third-order valence-electron chi connectivity index (χ3n) is 0. The SMILES string of the molecule is [Co+2].[Co+2].[La+3].[La+3].[O]=[Mn](=[O])([O-])[O-].[O]=[Mn](=[O])([O-])[O-].[O]=[Mn](=[O])([O-])[O-].[O]=[Mn](=[O])([O-])[O-].[O]=[Mn](=[O])([O-])[O-]. The maximum absolute atomic E-state index is 8.58. The molecule has 29 heteroatoms. The van der Waals surface area contributed by atoms with E-state index in [1.165, 1.54) is 0 Å². The molecular weight excluding hydrogens is 990 g/mol. The van der Waals surface area contributed by atoms with Crippen LogP contribution in [0, 0.1) is 71.2 Å². The van der Waals surface area contributed by atoms with E-state index in [9.17, 15) is 0 Å². The van der Waals surface area contributed by atoms with Crippen molar-refractivity contribution >= 4 is 0 Å². The molecule has 2 radical (unpaired) electrons. The molecule has 0 N–H and O–H groups in total. The first-order valence-electron chi connectivity index (χ1n) is 3.09. The fourth-order valence-electron chi connectivity index (χ4n) is 0. The van der Waals surface area contributed by atoms with Crippen molar-refractivity contribution in [3.63, 3.8) is 0 Å². The van der Waals surface area contributed by atoms with E-state index in [1.807, 2.05) is 0 Å². The van der Waals surface area contributed by atoms with Gasteiger partial charge in [0.05, 0.1) is 0 Å². The van der Waals surface area contributed by atoms with Crippen molar-refractivity contribution in [1.82, 2.24) is 0 Å². The Hall–Kier alpha value is 3.60. The summed E-state index contributed by atoms with van der Waals surface area (Å²) >= 11 is -28.1. The molecule has 0 heterocycles. The van der Waals surface area contributed by atoms with Gasteiger partial charge in [-0.2, -0.15) is 0 Å². The molecule has 0 saturated carbocycles. The van der Waals surface area contributed by atoms with Gasteiger partial charge in [-0.15, -0.1) is 0 Å². The molecule has 0 aromatic heterocycles. The van der Waals surface area contributed by atoms with Gasteiger partial charge in [0, 0.05) is 0 Å². The zero-order valence-corrected chi connectivity index (χ0v) is 27.1. The average molecular weight is 990 g/mol. The summed E-state index contributed by atoms with van der Waals surface area (Å²) in [6.07, 6.45) is 0. The fraction of sp³-hybridized carbons (Fsp3) is 0. The van der Waals surface area contributed by atoms with Gasteiger partial charge in [-0.1, -0.05) is 0 Å². The second kappa shape index (κ2) is 26.2. The van der Waals surface area contributed by atoms with Gasteiger partial charge in [0.1, 0.15) is 0 Å². The van der Waals surface area contributed by atoms with Gasteiger partial charge in [0.15, 0.2) is 0 Å². The topological polar surface area (TPSA) is 401 Å². The molecule has 0 atom stereocenters. The Morgan fingerprint density at radius 3 is 0.276 bits per heavy atom. The van der Waals surface area contributed by atoms with Gasteiger partial charge in [-0.05, 0) is 0 Å². The molecule has 0 aliphatic heterocycles. The molecular formula is Co2La2Mn5O20.